The normalized spacial score (nSPS) is 21.3. The average molecular weight is 330 g/mol. The van der Waals surface area contributed by atoms with Crippen LogP contribution >= 0.6 is 12.4 Å². The van der Waals surface area contributed by atoms with E-state index in [0.29, 0.717) is 37.2 Å². The average Bonchev–Trinajstić information content (AvgIpc) is 3.27. The summed E-state index contributed by atoms with van der Waals surface area (Å²) < 4.78 is 5.19. The zero-order chi connectivity index (χ0) is 14.7. The third-order valence-corrected chi connectivity index (χ3v) is 4.17. The van der Waals surface area contributed by atoms with E-state index in [0.717, 1.165) is 44.7 Å². The number of carbonyl (C=O) groups excluding carboxylic acids is 1. The number of urea groups is 1. The van der Waals surface area contributed by atoms with Crippen LogP contribution in [0.5, 0.6) is 0 Å². The summed E-state index contributed by atoms with van der Waals surface area (Å²) >= 11 is 0. The van der Waals surface area contributed by atoms with E-state index in [-0.39, 0.29) is 18.4 Å². The summed E-state index contributed by atoms with van der Waals surface area (Å²) in [6.45, 7) is 2.76. The highest BCUT2D eigenvalue weighted by atomic mass is 35.5. The van der Waals surface area contributed by atoms with Crippen LogP contribution in [0.4, 0.5) is 4.79 Å². The number of nitrogens with two attached hydrogens (primary N) is 1. The minimum Gasteiger partial charge on any atom is -0.339 e. The van der Waals surface area contributed by atoms with Gasteiger partial charge in [0.15, 0.2) is 5.82 Å². The van der Waals surface area contributed by atoms with Crippen molar-refractivity contribution < 1.29 is 9.32 Å². The van der Waals surface area contributed by atoms with Crippen LogP contribution in [0.15, 0.2) is 4.52 Å². The Kier molecular flexibility index (Phi) is 6.02. The Hall–Kier alpha value is -1.34. The van der Waals surface area contributed by atoms with E-state index in [1.165, 1.54) is 0 Å². The Bertz CT molecular complexity index is 491. The monoisotopic (exact) mass is 329 g/mol. The molecule has 3 rings (SSSR count). The fourth-order valence-electron chi connectivity index (χ4n) is 2.70. The molecule has 22 heavy (non-hydrogen) atoms. The Balaban J connectivity index is 0.00000176. The van der Waals surface area contributed by atoms with Crippen LogP contribution in [0.3, 0.4) is 0 Å². The molecule has 3 N–H and O–H groups in total. The second kappa shape index (κ2) is 7.78. The lowest BCUT2D eigenvalue weighted by atomic mass is 9.99. The fraction of sp³-hybridized carbons (Fsp3) is 0.786. The molecule has 0 radical (unpaired) electrons. The van der Waals surface area contributed by atoms with Gasteiger partial charge in [0.05, 0.1) is 0 Å². The minimum atomic E-state index is -0.0148. The molecular formula is C14H24ClN5O2. The van der Waals surface area contributed by atoms with Gasteiger partial charge in [0, 0.05) is 32.0 Å². The second-order valence-corrected chi connectivity index (χ2v) is 6.00. The van der Waals surface area contributed by atoms with Crippen molar-refractivity contribution in [2.45, 2.75) is 38.0 Å². The van der Waals surface area contributed by atoms with E-state index in [9.17, 15) is 4.79 Å². The van der Waals surface area contributed by atoms with Gasteiger partial charge in [-0.1, -0.05) is 5.16 Å². The molecule has 7 nitrogen and oxygen atoms in total. The number of aromatic nitrogens is 2. The molecule has 1 atom stereocenters. The topological polar surface area (TPSA) is 97.3 Å². The molecule has 2 heterocycles. The van der Waals surface area contributed by atoms with E-state index in [1.54, 1.807) is 0 Å². The van der Waals surface area contributed by atoms with Crippen molar-refractivity contribution in [2.24, 2.45) is 11.7 Å². The molecule has 2 fully saturated rings. The maximum absolute atomic E-state index is 12.1. The maximum atomic E-state index is 12.1. The van der Waals surface area contributed by atoms with Gasteiger partial charge in [-0.25, -0.2) is 4.79 Å². The molecule has 0 spiro atoms. The predicted molar refractivity (Wildman–Crippen MR) is 84.0 cm³/mol. The molecule has 1 unspecified atom stereocenters. The van der Waals surface area contributed by atoms with Gasteiger partial charge in [-0.05, 0) is 38.1 Å². The maximum Gasteiger partial charge on any atom is 0.317 e. The summed E-state index contributed by atoms with van der Waals surface area (Å²) in [4.78, 5) is 18.3. The molecule has 1 saturated heterocycles. The number of nitrogens with one attached hydrogen (secondary N) is 1. The highest BCUT2D eigenvalue weighted by Gasteiger charge is 2.29. The lowest BCUT2D eigenvalue weighted by molar-refractivity contribution is 0.167. The van der Waals surface area contributed by atoms with Crippen LogP contribution in [-0.2, 0) is 6.42 Å². The first kappa shape index (κ1) is 17.0. The number of carbonyl (C=O) groups is 1. The fourth-order valence-corrected chi connectivity index (χ4v) is 2.70. The van der Waals surface area contributed by atoms with Gasteiger partial charge >= 0.3 is 6.03 Å². The van der Waals surface area contributed by atoms with Crippen molar-refractivity contribution in [1.82, 2.24) is 20.4 Å². The number of amides is 2. The molecule has 1 aromatic heterocycles. The van der Waals surface area contributed by atoms with E-state index in [1.807, 2.05) is 4.90 Å². The molecule has 1 aromatic rings. The molecule has 1 aliphatic heterocycles. The van der Waals surface area contributed by atoms with E-state index >= 15 is 0 Å². The zero-order valence-electron chi connectivity index (χ0n) is 12.7. The van der Waals surface area contributed by atoms with Crippen LogP contribution in [0.25, 0.3) is 0 Å². The largest absolute Gasteiger partial charge is 0.339 e. The Morgan fingerprint density at radius 3 is 2.95 bits per heavy atom. The minimum absolute atomic E-state index is 0. The van der Waals surface area contributed by atoms with Crippen molar-refractivity contribution in [3.05, 3.63) is 11.7 Å². The van der Waals surface area contributed by atoms with Crippen LogP contribution in [0, 0.1) is 5.92 Å². The molecule has 1 saturated carbocycles. The zero-order valence-corrected chi connectivity index (χ0v) is 13.5. The molecule has 124 valence electrons. The van der Waals surface area contributed by atoms with Gasteiger partial charge in [-0.15, -0.1) is 12.4 Å². The molecule has 8 heteroatoms. The van der Waals surface area contributed by atoms with Crippen LogP contribution in [0.1, 0.15) is 43.3 Å². The molecule has 1 aliphatic carbocycles. The Morgan fingerprint density at radius 2 is 2.23 bits per heavy atom. The number of hydrogen-bond donors (Lipinski definition) is 2. The molecule has 2 amide bonds. The van der Waals surface area contributed by atoms with Gasteiger partial charge in [-0.3, -0.25) is 0 Å². The van der Waals surface area contributed by atoms with Gasteiger partial charge < -0.3 is 20.5 Å². The van der Waals surface area contributed by atoms with E-state index in [2.05, 4.69) is 15.5 Å². The van der Waals surface area contributed by atoms with Gasteiger partial charge in [0.25, 0.3) is 0 Å². The molecule has 2 aliphatic rings. The lowest BCUT2D eigenvalue weighted by Crippen LogP contribution is -2.47. The van der Waals surface area contributed by atoms with Gasteiger partial charge in [0.2, 0.25) is 5.89 Å². The number of nitrogens with zero attached hydrogens (tertiary/aromatic N) is 3. The third-order valence-electron chi connectivity index (χ3n) is 4.17. The highest BCUT2D eigenvalue weighted by Crippen LogP contribution is 2.38. The van der Waals surface area contributed by atoms with Crippen molar-refractivity contribution in [2.75, 3.05) is 26.2 Å². The van der Waals surface area contributed by atoms with Crippen LogP contribution in [0.2, 0.25) is 0 Å². The summed E-state index contributed by atoms with van der Waals surface area (Å²) in [5.74, 6) is 2.33. The molecular weight excluding hydrogens is 306 g/mol. The smallest absolute Gasteiger partial charge is 0.317 e. The summed E-state index contributed by atoms with van der Waals surface area (Å²) in [5, 5.41) is 6.87. The quantitative estimate of drug-likeness (QED) is 0.848. The van der Waals surface area contributed by atoms with Gasteiger partial charge in [0.1, 0.15) is 0 Å². The number of rotatable bonds is 5. The number of likely N-dealkylation sites (tertiary alicyclic amines) is 1. The first-order valence-electron chi connectivity index (χ1n) is 7.81. The molecule has 0 bridgehead atoms. The van der Waals surface area contributed by atoms with Crippen molar-refractivity contribution in [1.29, 1.82) is 0 Å². The lowest BCUT2D eigenvalue weighted by Gasteiger charge is -2.32. The van der Waals surface area contributed by atoms with E-state index in [4.69, 9.17) is 10.3 Å². The van der Waals surface area contributed by atoms with Crippen LogP contribution in [-0.4, -0.2) is 47.3 Å². The Labute approximate surface area is 136 Å². The first-order valence-corrected chi connectivity index (χ1v) is 7.81. The first-order chi connectivity index (χ1) is 10.3. The predicted octanol–water partition coefficient (Wildman–Crippen LogP) is 1.29. The Morgan fingerprint density at radius 1 is 1.41 bits per heavy atom. The standard InChI is InChI=1S/C14H23N5O2.ClH/c15-8-10-2-1-7-19(9-10)14(20)16-6-5-12-17-13(21-18-12)11-3-4-11;/h10-11H,1-9,15H2,(H,16,20);1H. The summed E-state index contributed by atoms with van der Waals surface area (Å²) in [6, 6.07) is -0.0148. The highest BCUT2D eigenvalue weighted by molar-refractivity contribution is 5.85. The number of piperidine rings is 1. The summed E-state index contributed by atoms with van der Waals surface area (Å²) in [5.41, 5.74) is 5.69. The third kappa shape index (κ3) is 4.33. The van der Waals surface area contributed by atoms with Crippen molar-refractivity contribution >= 4 is 18.4 Å². The second-order valence-electron chi connectivity index (χ2n) is 6.00. The summed E-state index contributed by atoms with van der Waals surface area (Å²) in [7, 11) is 0. The number of hydrogen-bond acceptors (Lipinski definition) is 5. The molecule has 0 aromatic carbocycles. The van der Waals surface area contributed by atoms with Crippen LogP contribution < -0.4 is 11.1 Å². The van der Waals surface area contributed by atoms with Crippen molar-refractivity contribution in [3.8, 4) is 0 Å². The van der Waals surface area contributed by atoms with E-state index < -0.39 is 0 Å². The van der Waals surface area contributed by atoms with Gasteiger partial charge in [-0.2, -0.15) is 4.98 Å². The number of halogens is 1. The summed E-state index contributed by atoms with van der Waals surface area (Å²) in [6.07, 6.45) is 5.05. The van der Waals surface area contributed by atoms with Crippen molar-refractivity contribution in [3.63, 3.8) is 0 Å². The SMILES string of the molecule is Cl.NCC1CCCN(C(=O)NCCc2noc(C3CC3)n2)C1.